The van der Waals surface area contributed by atoms with E-state index in [1.807, 2.05) is 67.5 Å². The number of rotatable bonds is 4. The number of hydrogen-bond donors (Lipinski definition) is 0. The van der Waals surface area contributed by atoms with Crippen molar-refractivity contribution in [2.45, 2.75) is 12.1 Å². The van der Waals surface area contributed by atoms with Crippen molar-refractivity contribution in [3.63, 3.8) is 0 Å². The fourth-order valence-electron chi connectivity index (χ4n) is 3.16. The van der Waals surface area contributed by atoms with Crippen LogP contribution in [0.2, 0.25) is 0 Å². The van der Waals surface area contributed by atoms with E-state index in [9.17, 15) is 4.79 Å². The monoisotopic (exact) mass is 324 g/mol. The van der Waals surface area contributed by atoms with Gasteiger partial charge in [0.2, 0.25) is 0 Å². The molecule has 0 bridgehead atoms. The van der Waals surface area contributed by atoms with Gasteiger partial charge in [0.1, 0.15) is 5.72 Å². The highest BCUT2D eigenvalue weighted by atomic mass is 16.5. The van der Waals surface area contributed by atoms with E-state index in [0.717, 1.165) is 12.0 Å². The van der Waals surface area contributed by atoms with Crippen molar-refractivity contribution in [1.29, 1.82) is 0 Å². The average molecular weight is 324 g/mol. The predicted octanol–water partition coefficient (Wildman–Crippen LogP) is 2.66. The normalized spacial score (nSPS) is 21.0. The second-order valence-corrected chi connectivity index (χ2v) is 6.44. The van der Waals surface area contributed by atoms with Crippen LogP contribution in [0.1, 0.15) is 15.9 Å². The molecule has 1 unspecified atom stereocenters. The highest BCUT2D eigenvalue weighted by Crippen LogP contribution is 2.26. The molecule has 0 spiro atoms. The molecule has 0 radical (unpaired) electrons. The number of carbonyl (C=O) groups excluding carboxylic acids is 1. The van der Waals surface area contributed by atoms with Gasteiger partial charge >= 0.3 is 0 Å². The van der Waals surface area contributed by atoms with Crippen LogP contribution in [0.3, 0.4) is 0 Å². The molecule has 3 rings (SSSR count). The van der Waals surface area contributed by atoms with E-state index in [1.165, 1.54) is 5.56 Å². The van der Waals surface area contributed by atoms with Crippen LogP contribution in [0.5, 0.6) is 0 Å². The molecule has 1 amide bonds. The zero-order chi connectivity index (χ0) is 17.0. The van der Waals surface area contributed by atoms with Crippen LogP contribution in [0.25, 0.3) is 0 Å². The molecule has 1 aliphatic rings. The molecule has 1 heterocycles. The van der Waals surface area contributed by atoms with Crippen molar-refractivity contribution >= 4 is 5.91 Å². The number of benzene rings is 2. The van der Waals surface area contributed by atoms with Crippen LogP contribution in [0.4, 0.5) is 0 Å². The Morgan fingerprint density at radius 2 is 1.71 bits per heavy atom. The molecule has 0 aliphatic carbocycles. The van der Waals surface area contributed by atoms with Gasteiger partial charge in [-0.2, -0.15) is 0 Å². The van der Waals surface area contributed by atoms with Crippen molar-refractivity contribution in [1.82, 2.24) is 9.80 Å². The molecule has 0 N–H and O–H groups in total. The van der Waals surface area contributed by atoms with E-state index >= 15 is 0 Å². The number of nitrogens with zero attached hydrogens (tertiary/aromatic N) is 2. The summed E-state index contributed by atoms with van der Waals surface area (Å²) < 4.78 is 6.18. The van der Waals surface area contributed by atoms with Crippen molar-refractivity contribution in [3.8, 4) is 0 Å². The van der Waals surface area contributed by atoms with Crippen LogP contribution in [-0.4, -0.2) is 55.2 Å². The van der Waals surface area contributed by atoms with Crippen LogP contribution >= 0.6 is 0 Å². The van der Waals surface area contributed by atoms with Gasteiger partial charge in [0, 0.05) is 18.5 Å². The van der Waals surface area contributed by atoms with Gasteiger partial charge in [-0.05, 0) is 31.8 Å². The SMILES string of the molecule is CN(C)C1(Cc2ccccc2)CN(C(=O)c2ccccc2)CCO1. The molecular weight excluding hydrogens is 300 g/mol. The lowest BCUT2D eigenvalue weighted by molar-refractivity contribution is -0.174. The Morgan fingerprint density at radius 3 is 2.33 bits per heavy atom. The van der Waals surface area contributed by atoms with Crippen molar-refractivity contribution < 1.29 is 9.53 Å². The Hall–Kier alpha value is -2.17. The minimum absolute atomic E-state index is 0.0678. The minimum Gasteiger partial charge on any atom is -0.356 e. The zero-order valence-corrected chi connectivity index (χ0v) is 14.3. The maximum Gasteiger partial charge on any atom is 0.254 e. The third kappa shape index (κ3) is 3.50. The van der Waals surface area contributed by atoms with Gasteiger partial charge in [-0.15, -0.1) is 0 Å². The molecular formula is C20H24N2O2. The van der Waals surface area contributed by atoms with Crippen LogP contribution < -0.4 is 0 Å². The van der Waals surface area contributed by atoms with Gasteiger partial charge in [0.25, 0.3) is 5.91 Å². The summed E-state index contributed by atoms with van der Waals surface area (Å²) in [5.74, 6) is 0.0678. The summed E-state index contributed by atoms with van der Waals surface area (Å²) in [6.07, 6.45) is 0.749. The fraction of sp³-hybridized carbons (Fsp3) is 0.350. The van der Waals surface area contributed by atoms with Gasteiger partial charge in [0.05, 0.1) is 13.2 Å². The van der Waals surface area contributed by atoms with Crippen molar-refractivity contribution in [2.24, 2.45) is 0 Å². The van der Waals surface area contributed by atoms with Crippen LogP contribution in [0.15, 0.2) is 60.7 Å². The zero-order valence-electron chi connectivity index (χ0n) is 14.3. The Labute approximate surface area is 143 Å². The standard InChI is InChI=1S/C20H24N2O2/c1-21(2)20(15-17-9-5-3-6-10-17)16-22(13-14-24-20)19(23)18-11-7-4-8-12-18/h3-12H,13-16H2,1-2H3. The van der Waals surface area contributed by atoms with Gasteiger partial charge in [-0.1, -0.05) is 48.5 Å². The molecule has 2 aromatic rings. The van der Waals surface area contributed by atoms with Gasteiger partial charge < -0.3 is 9.64 Å². The highest BCUT2D eigenvalue weighted by molar-refractivity contribution is 5.94. The number of carbonyl (C=O) groups is 1. The first-order chi connectivity index (χ1) is 11.6. The maximum atomic E-state index is 12.8. The van der Waals surface area contributed by atoms with E-state index in [2.05, 4.69) is 17.0 Å². The van der Waals surface area contributed by atoms with Gasteiger partial charge in [-0.3, -0.25) is 9.69 Å². The first-order valence-corrected chi connectivity index (χ1v) is 8.30. The van der Waals surface area contributed by atoms with E-state index in [-0.39, 0.29) is 5.91 Å². The Bertz CT molecular complexity index is 673. The first kappa shape index (κ1) is 16.7. The Kier molecular flexibility index (Phi) is 4.97. The van der Waals surface area contributed by atoms with Crippen molar-refractivity contribution in [2.75, 3.05) is 33.8 Å². The fourth-order valence-corrected chi connectivity index (χ4v) is 3.16. The molecule has 24 heavy (non-hydrogen) atoms. The first-order valence-electron chi connectivity index (χ1n) is 8.30. The Balaban J connectivity index is 1.82. The lowest BCUT2D eigenvalue weighted by Gasteiger charge is -2.46. The summed E-state index contributed by atoms with van der Waals surface area (Å²) >= 11 is 0. The molecule has 0 saturated carbocycles. The van der Waals surface area contributed by atoms with E-state index in [1.54, 1.807) is 0 Å². The summed E-state index contributed by atoms with van der Waals surface area (Å²) in [5, 5.41) is 0. The van der Waals surface area contributed by atoms with E-state index in [0.29, 0.717) is 19.7 Å². The summed E-state index contributed by atoms with van der Waals surface area (Å²) in [6, 6.07) is 19.8. The van der Waals surface area contributed by atoms with E-state index in [4.69, 9.17) is 4.74 Å². The molecule has 1 fully saturated rings. The highest BCUT2D eigenvalue weighted by Gasteiger charge is 2.40. The molecule has 2 aromatic carbocycles. The second kappa shape index (κ2) is 7.16. The number of likely N-dealkylation sites (N-methyl/N-ethyl adjacent to an activating group) is 1. The molecule has 4 heteroatoms. The topological polar surface area (TPSA) is 32.8 Å². The molecule has 1 atom stereocenters. The predicted molar refractivity (Wildman–Crippen MR) is 94.9 cm³/mol. The smallest absolute Gasteiger partial charge is 0.254 e. The summed E-state index contributed by atoms with van der Waals surface area (Å²) in [4.78, 5) is 16.8. The minimum atomic E-state index is -0.496. The third-order valence-electron chi connectivity index (χ3n) is 4.62. The molecule has 4 nitrogen and oxygen atoms in total. The third-order valence-corrected chi connectivity index (χ3v) is 4.62. The summed E-state index contributed by atoms with van der Waals surface area (Å²) in [5.41, 5.74) is 1.44. The largest absolute Gasteiger partial charge is 0.356 e. The summed E-state index contributed by atoms with van der Waals surface area (Å²) in [7, 11) is 4.03. The number of ether oxygens (including phenoxy) is 1. The maximum absolute atomic E-state index is 12.8. The molecule has 1 aliphatic heterocycles. The Morgan fingerprint density at radius 1 is 1.08 bits per heavy atom. The van der Waals surface area contributed by atoms with E-state index < -0.39 is 5.72 Å². The molecule has 1 saturated heterocycles. The molecule has 126 valence electrons. The van der Waals surface area contributed by atoms with Crippen LogP contribution in [-0.2, 0) is 11.2 Å². The number of amides is 1. The number of hydrogen-bond acceptors (Lipinski definition) is 3. The average Bonchev–Trinajstić information content (AvgIpc) is 2.63. The van der Waals surface area contributed by atoms with Crippen LogP contribution in [0, 0.1) is 0 Å². The van der Waals surface area contributed by atoms with Crippen molar-refractivity contribution in [3.05, 3.63) is 71.8 Å². The number of morpholine rings is 1. The summed E-state index contributed by atoms with van der Waals surface area (Å²) in [6.45, 7) is 1.73. The quantitative estimate of drug-likeness (QED) is 0.867. The molecule has 0 aromatic heterocycles. The van der Waals surface area contributed by atoms with Gasteiger partial charge in [0.15, 0.2) is 0 Å². The lowest BCUT2D eigenvalue weighted by Crippen LogP contribution is -2.61. The van der Waals surface area contributed by atoms with Gasteiger partial charge in [-0.25, -0.2) is 0 Å². The second-order valence-electron chi connectivity index (χ2n) is 6.44. The lowest BCUT2D eigenvalue weighted by atomic mass is 9.99.